The van der Waals surface area contributed by atoms with Gasteiger partial charge in [-0.1, -0.05) is 17.8 Å². The fraction of sp³-hybridized carbons (Fsp3) is 0.500. The maximum absolute atomic E-state index is 11.6. The first kappa shape index (κ1) is 22.5. The van der Waals surface area contributed by atoms with Crippen molar-refractivity contribution < 1.29 is 28.4 Å². The zero-order valence-electron chi connectivity index (χ0n) is 17.5. The lowest BCUT2D eigenvalue weighted by Crippen LogP contribution is -2.41. The molecule has 1 aliphatic rings. The molecule has 1 heterocycles. The molecule has 0 N–H and O–H groups in total. The van der Waals surface area contributed by atoms with Gasteiger partial charge in [0.15, 0.2) is 16.6 Å². The molecule has 0 aliphatic carbocycles. The fourth-order valence-corrected chi connectivity index (χ4v) is 3.34. The summed E-state index contributed by atoms with van der Waals surface area (Å²) in [5.41, 5.74) is 0.852. The molecule has 1 aromatic rings. The summed E-state index contributed by atoms with van der Waals surface area (Å²) < 4.78 is 23.2. The smallest absolute Gasteiger partial charge is 0.491 e. The second-order valence-electron chi connectivity index (χ2n) is 7.55. The normalized spacial score (nSPS) is 18.1. The van der Waals surface area contributed by atoms with Crippen molar-refractivity contribution in [2.75, 3.05) is 20.0 Å². The van der Waals surface area contributed by atoms with Crippen LogP contribution < -0.4 is 9.47 Å². The van der Waals surface area contributed by atoms with Crippen molar-refractivity contribution in [1.29, 1.82) is 0 Å². The first-order chi connectivity index (χ1) is 13.0. The molecule has 1 saturated heterocycles. The highest BCUT2D eigenvalue weighted by Gasteiger charge is 2.52. The van der Waals surface area contributed by atoms with Gasteiger partial charge in [-0.05, 0) is 45.3 Å². The molecule has 8 heteroatoms. The van der Waals surface area contributed by atoms with Crippen molar-refractivity contribution in [3.63, 3.8) is 0 Å². The van der Waals surface area contributed by atoms with Crippen LogP contribution in [0.2, 0.25) is 0 Å². The summed E-state index contributed by atoms with van der Waals surface area (Å²) in [5.74, 6) is 1.34. The average molecular weight is 406 g/mol. The van der Waals surface area contributed by atoms with Gasteiger partial charge in [-0.3, -0.25) is 9.59 Å². The Morgan fingerprint density at radius 2 is 1.75 bits per heavy atom. The molecule has 0 amide bonds. The van der Waals surface area contributed by atoms with Crippen LogP contribution in [0.25, 0.3) is 6.08 Å². The van der Waals surface area contributed by atoms with E-state index >= 15 is 0 Å². The Labute approximate surface area is 171 Å². The number of carbonyl (C=O) groups excluding carboxylic acids is 2. The van der Waals surface area contributed by atoms with Crippen molar-refractivity contribution in [2.45, 2.75) is 45.8 Å². The molecule has 0 bridgehead atoms. The van der Waals surface area contributed by atoms with Crippen LogP contribution >= 0.6 is 11.8 Å². The first-order valence-corrected chi connectivity index (χ1v) is 9.94. The van der Waals surface area contributed by atoms with Gasteiger partial charge in [-0.25, -0.2) is 0 Å². The molecule has 0 aromatic heterocycles. The summed E-state index contributed by atoms with van der Waals surface area (Å²) in [6, 6.07) is 3.32. The number of hydrogen-bond acceptors (Lipinski definition) is 7. The number of benzene rings is 1. The van der Waals surface area contributed by atoms with Crippen LogP contribution in [0.15, 0.2) is 17.6 Å². The van der Waals surface area contributed by atoms with Gasteiger partial charge < -0.3 is 18.8 Å². The van der Waals surface area contributed by atoms with Crippen molar-refractivity contribution in [3.8, 4) is 11.5 Å². The van der Waals surface area contributed by atoms with Gasteiger partial charge in [0.2, 0.25) is 0 Å². The quantitative estimate of drug-likeness (QED) is 0.504. The van der Waals surface area contributed by atoms with Crippen molar-refractivity contribution >= 4 is 36.4 Å². The van der Waals surface area contributed by atoms with Gasteiger partial charge in [0, 0.05) is 23.8 Å². The van der Waals surface area contributed by atoms with Crippen LogP contribution in [-0.2, 0) is 14.1 Å². The summed E-state index contributed by atoms with van der Waals surface area (Å²) >= 11 is 1.17. The minimum absolute atomic E-state index is 0.00592. The lowest BCUT2D eigenvalue weighted by atomic mass is 9.78. The Bertz CT molecular complexity index is 771. The van der Waals surface area contributed by atoms with E-state index in [0.717, 1.165) is 11.8 Å². The largest absolute Gasteiger partial charge is 0.493 e. The standard InChI is InChI=1S/C20H27BO6S/c1-13(23)28-12-16(21-26-19(2,3)20(4,5)27-21)10-15-8-14(11-22)9-17(24-6)18(15)25-7/h8-11H,12H2,1-7H3. The number of hydrogen-bond donors (Lipinski definition) is 0. The number of carbonyl (C=O) groups is 2. The highest BCUT2D eigenvalue weighted by Crippen LogP contribution is 2.40. The summed E-state index contributed by atoms with van der Waals surface area (Å²) in [6.45, 7) is 9.40. The molecule has 1 fully saturated rings. The van der Waals surface area contributed by atoms with Crippen LogP contribution in [0.1, 0.15) is 50.5 Å². The zero-order chi connectivity index (χ0) is 21.1. The second kappa shape index (κ2) is 8.72. The maximum Gasteiger partial charge on any atom is 0.491 e. The van der Waals surface area contributed by atoms with Crippen LogP contribution in [-0.4, -0.2) is 49.7 Å². The molecule has 0 spiro atoms. The van der Waals surface area contributed by atoms with E-state index in [9.17, 15) is 9.59 Å². The van der Waals surface area contributed by atoms with Crippen molar-refractivity contribution in [2.24, 2.45) is 0 Å². The van der Waals surface area contributed by atoms with E-state index in [1.165, 1.54) is 32.9 Å². The average Bonchev–Trinajstić information content (AvgIpc) is 2.84. The van der Waals surface area contributed by atoms with Gasteiger partial charge in [-0.15, -0.1) is 0 Å². The van der Waals surface area contributed by atoms with E-state index in [-0.39, 0.29) is 5.12 Å². The van der Waals surface area contributed by atoms with Crippen LogP contribution in [0.5, 0.6) is 11.5 Å². The molecule has 0 radical (unpaired) electrons. The summed E-state index contributed by atoms with van der Waals surface area (Å²) in [7, 11) is 2.43. The minimum atomic E-state index is -0.618. The minimum Gasteiger partial charge on any atom is -0.493 e. The van der Waals surface area contributed by atoms with E-state index in [2.05, 4.69) is 0 Å². The molecule has 0 saturated carbocycles. The Hall–Kier alpha value is -1.77. The van der Waals surface area contributed by atoms with E-state index in [4.69, 9.17) is 18.8 Å². The monoisotopic (exact) mass is 406 g/mol. The van der Waals surface area contributed by atoms with Crippen LogP contribution in [0.3, 0.4) is 0 Å². The number of aldehydes is 1. The predicted octanol–water partition coefficient (Wildman–Crippen LogP) is 3.81. The van der Waals surface area contributed by atoms with E-state index < -0.39 is 18.3 Å². The molecule has 0 unspecified atom stereocenters. The fourth-order valence-electron chi connectivity index (χ4n) is 2.75. The van der Waals surface area contributed by atoms with Gasteiger partial charge >= 0.3 is 7.12 Å². The Morgan fingerprint density at radius 1 is 1.14 bits per heavy atom. The van der Waals surface area contributed by atoms with Crippen molar-refractivity contribution in [3.05, 3.63) is 28.7 Å². The third kappa shape index (κ3) is 4.80. The molecule has 152 valence electrons. The molecule has 1 aromatic carbocycles. The summed E-state index contributed by atoms with van der Waals surface area (Å²) in [4.78, 5) is 22.9. The summed E-state index contributed by atoms with van der Waals surface area (Å²) in [5, 5.41) is -0.00592. The third-order valence-corrected chi connectivity index (χ3v) is 5.89. The lowest BCUT2D eigenvalue weighted by Gasteiger charge is -2.32. The van der Waals surface area contributed by atoms with Crippen molar-refractivity contribution in [1.82, 2.24) is 0 Å². The molecule has 6 nitrogen and oxygen atoms in total. The topological polar surface area (TPSA) is 71.1 Å². The lowest BCUT2D eigenvalue weighted by molar-refractivity contribution is -0.109. The molecular weight excluding hydrogens is 379 g/mol. The van der Waals surface area contributed by atoms with Crippen LogP contribution in [0.4, 0.5) is 0 Å². The molecule has 28 heavy (non-hydrogen) atoms. The van der Waals surface area contributed by atoms with Gasteiger partial charge in [0.25, 0.3) is 0 Å². The van der Waals surface area contributed by atoms with Crippen LogP contribution in [0, 0.1) is 0 Å². The zero-order valence-corrected chi connectivity index (χ0v) is 18.3. The Balaban J connectivity index is 2.54. The van der Waals surface area contributed by atoms with Gasteiger partial charge in [0.05, 0.1) is 25.4 Å². The van der Waals surface area contributed by atoms with E-state index in [1.54, 1.807) is 12.1 Å². The highest BCUT2D eigenvalue weighted by atomic mass is 32.2. The second-order valence-corrected chi connectivity index (χ2v) is 8.70. The SMILES string of the molecule is COc1cc(C=O)cc(C=C(CSC(C)=O)B2OC(C)(C)C(C)(C)O2)c1OC. The maximum atomic E-state index is 11.6. The summed E-state index contributed by atoms with van der Waals surface area (Å²) in [6.07, 6.45) is 2.59. The highest BCUT2D eigenvalue weighted by molar-refractivity contribution is 8.13. The van der Waals surface area contributed by atoms with Gasteiger partial charge in [-0.2, -0.15) is 0 Å². The number of ether oxygens (including phenoxy) is 2. The predicted molar refractivity (Wildman–Crippen MR) is 112 cm³/mol. The molecule has 0 atom stereocenters. The number of rotatable bonds is 7. The van der Waals surface area contributed by atoms with E-state index in [0.29, 0.717) is 28.4 Å². The van der Waals surface area contributed by atoms with Gasteiger partial charge in [0.1, 0.15) is 6.29 Å². The van der Waals surface area contributed by atoms with E-state index in [1.807, 2.05) is 33.8 Å². The third-order valence-electron chi connectivity index (χ3n) is 5.01. The number of thioether (sulfide) groups is 1. The first-order valence-electron chi connectivity index (χ1n) is 8.95. The Morgan fingerprint density at radius 3 is 2.21 bits per heavy atom. The molecule has 2 rings (SSSR count). The number of methoxy groups -OCH3 is 2. The Kier molecular flexibility index (Phi) is 7.01. The molecular formula is C20H27BO6S. The molecule has 1 aliphatic heterocycles.